The summed E-state index contributed by atoms with van der Waals surface area (Å²) in [5, 5.41) is 0. The minimum Gasteiger partial charge on any atom is -0.490 e. The molecule has 2 aromatic rings. The SMILES string of the molecule is CCN(c1ccncc1)S(=O)(=O)c1ccc2c(c1)OCCCO2. The molecule has 1 aliphatic heterocycles. The third kappa shape index (κ3) is 3.10. The summed E-state index contributed by atoms with van der Waals surface area (Å²) in [5.74, 6) is 1.04. The fourth-order valence-corrected chi connectivity index (χ4v) is 3.92. The van der Waals surface area contributed by atoms with Gasteiger partial charge >= 0.3 is 0 Å². The van der Waals surface area contributed by atoms with Crippen LogP contribution in [0.3, 0.4) is 0 Å². The van der Waals surface area contributed by atoms with Crippen LogP contribution in [0.4, 0.5) is 5.69 Å². The van der Waals surface area contributed by atoms with Crippen molar-refractivity contribution in [1.82, 2.24) is 4.98 Å². The topological polar surface area (TPSA) is 68.7 Å². The molecule has 1 aromatic heterocycles. The van der Waals surface area contributed by atoms with Crippen LogP contribution in [0, 0.1) is 0 Å². The molecule has 1 aromatic carbocycles. The molecule has 3 rings (SSSR count). The Morgan fingerprint density at radius 1 is 1.09 bits per heavy atom. The lowest BCUT2D eigenvalue weighted by Gasteiger charge is -2.23. The Kier molecular flexibility index (Phi) is 4.38. The van der Waals surface area contributed by atoms with Gasteiger partial charge in [0.2, 0.25) is 0 Å². The lowest BCUT2D eigenvalue weighted by molar-refractivity contribution is 0.297. The minimum absolute atomic E-state index is 0.181. The molecule has 0 radical (unpaired) electrons. The summed E-state index contributed by atoms with van der Waals surface area (Å²) in [4.78, 5) is 4.11. The van der Waals surface area contributed by atoms with E-state index in [1.165, 1.54) is 10.4 Å². The van der Waals surface area contributed by atoms with Crippen molar-refractivity contribution in [3.8, 4) is 11.5 Å². The molecule has 23 heavy (non-hydrogen) atoms. The number of ether oxygens (including phenoxy) is 2. The maximum atomic E-state index is 12.9. The average Bonchev–Trinajstić information content (AvgIpc) is 2.81. The molecule has 1 aliphatic rings. The predicted molar refractivity (Wildman–Crippen MR) is 86.5 cm³/mol. The standard InChI is InChI=1S/C16H18N2O4S/c1-2-18(13-6-8-17-9-7-13)23(19,20)14-4-5-15-16(12-14)22-11-3-10-21-15/h4-9,12H,2-3,10-11H2,1H3. The summed E-state index contributed by atoms with van der Waals surface area (Å²) >= 11 is 0. The third-order valence-electron chi connectivity index (χ3n) is 3.54. The summed E-state index contributed by atoms with van der Waals surface area (Å²) in [7, 11) is -3.68. The van der Waals surface area contributed by atoms with Crippen LogP contribution in [0.5, 0.6) is 11.5 Å². The summed E-state index contributed by atoms with van der Waals surface area (Å²) in [6.45, 7) is 3.19. The first kappa shape index (κ1) is 15.6. The van der Waals surface area contributed by atoms with Gasteiger partial charge in [0.25, 0.3) is 10.0 Å². The quantitative estimate of drug-likeness (QED) is 0.859. The van der Waals surface area contributed by atoms with Gasteiger partial charge in [-0.3, -0.25) is 9.29 Å². The van der Waals surface area contributed by atoms with Crippen LogP contribution in [0.25, 0.3) is 0 Å². The third-order valence-corrected chi connectivity index (χ3v) is 5.44. The average molecular weight is 334 g/mol. The number of benzene rings is 1. The lowest BCUT2D eigenvalue weighted by atomic mass is 10.3. The maximum absolute atomic E-state index is 12.9. The zero-order chi connectivity index (χ0) is 16.3. The number of hydrogen-bond acceptors (Lipinski definition) is 5. The maximum Gasteiger partial charge on any atom is 0.264 e. The van der Waals surface area contributed by atoms with E-state index >= 15 is 0 Å². The molecule has 0 aliphatic carbocycles. The number of rotatable bonds is 4. The molecule has 0 saturated heterocycles. The van der Waals surface area contributed by atoms with Crippen LogP contribution in [-0.4, -0.2) is 33.2 Å². The van der Waals surface area contributed by atoms with Gasteiger partial charge < -0.3 is 9.47 Å². The van der Waals surface area contributed by atoms with Gasteiger partial charge in [0.15, 0.2) is 11.5 Å². The van der Waals surface area contributed by atoms with Gasteiger partial charge in [0, 0.05) is 31.4 Å². The first-order chi connectivity index (χ1) is 11.1. The zero-order valence-corrected chi connectivity index (χ0v) is 13.6. The number of nitrogens with zero attached hydrogens (tertiary/aromatic N) is 2. The lowest BCUT2D eigenvalue weighted by Crippen LogP contribution is -2.30. The monoisotopic (exact) mass is 334 g/mol. The summed E-state index contributed by atoms with van der Waals surface area (Å²) in [5.41, 5.74) is 0.578. The van der Waals surface area contributed by atoms with Gasteiger partial charge in [-0.1, -0.05) is 0 Å². The number of fused-ring (bicyclic) bond motifs is 1. The fraction of sp³-hybridized carbons (Fsp3) is 0.312. The number of anilines is 1. The molecular weight excluding hydrogens is 316 g/mol. The van der Waals surface area contributed by atoms with Crippen molar-refractivity contribution in [2.45, 2.75) is 18.2 Å². The number of sulfonamides is 1. The van der Waals surface area contributed by atoms with Crippen molar-refractivity contribution < 1.29 is 17.9 Å². The van der Waals surface area contributed by atoms with Crippen molar-refractivity contribution in [3.63, 3.8) is 0 Å². The summed E-state index contributed by atoms with van der Waals surface area (Å²) in [6, 6.07) is 8.06. The van der Waals surface area contributed by atoms with Gasteiger partial charge in [-0.15, -0.1) is 0 Å². The largest absolute Gasteiger partial charge is 0.490 e. The summed E-state index contributed by atoms with van der Waals surface area (Å²) in [6.07, 6.45) is 3.91. The number of aromatic nitrogens is 1. The highest BCUT2D eigenvalue weighted by atomic mass is 32.2. The van der Waals surface area contributed by atoms with Crippen LogP contribution in [0.1, 0.15) is 13.3 Å². The molecule has 0 N–H and O–H groups in total. The molecule has 0 unspecified atom stereocenters. The van der Waals surface area contributed by atoms with Crippen molar-refractivity contribution >= 4 is 15.7 Å². The van der Waals surface area contributed by atoms with Crippen molar-refractivity contribution in [2.75, 3.05) is 24.1 Å². The van der Waals surface area contributed by atoms with E-state index in [4.69, 9.17) is 9.47 Å². The highest BCUT2D eigenvalue weighted by Gasteiger charge is 2.25. The van der Waals surface area contributed by atoms with Crippen LogP contribution < -0.4 is 13.8 Å². The van der Waals surface area contributed by atoms with Crippen LogP contribution in [-0.2, 0) is 10.0 Å². The van der Waals surface area contributed by atoms with E-state index in [9.17, 15) is 8.42 Å². The van der Waals surface area contributed by atoms with Crippen molar-refractivity contribution in [3.05, 3.63) is 42.7 Å². The molecule has 7 heteroatoms. The predicted octanol–water partition coefficient (Wildman–Crippen LogP) is 2.46. The van der Waals surface area contributed by atoms with Gasteiger partial charge in [0.05, 0.1) is 23.8 Å². The molecule has 0 bridgehead atoms. The molecule has 0 atom stereocenters. The first-order valence-corrected chi connectivity index (χ1v) is 8.89. The molecule has 6 nitrogen and oxygen atoms in total. The molecule has 2 heterocycles. The Morgan fingerprint density at radius 2 is 1.78 bits per heavy atom. The van der Waals surface area contributed by atoms with Crippen molar-refractivity contribution in [2.24, 2.45) is 0 Å². The minimum atomic E-state index is -3.68. The first-order valence-electron chi connectivity index (χ1n) is 7.45. The Labute approximate surface area is 135 Å². The Morgan fingerprint density at radius 3 is 2.48 bits per heavy atom. The van der Waals surface area contributed by atoms with Crippen LogP contribution in [0.15, 0.2) is 47.6 Å². The van der Waals surface area contributed by atoms with E-state index in [1.807, 2.05) is 0 Å². The van der Waals surface area contributed by atoms with Crippen LogP contribution in [0.2, 0.25) is 0 Å². The van der Waals surface area contributed by atoms with Gasteiger partial charge in [0.1, 0.15) is 0 Å². The van der Waals surface area contributed by atoms with Gasteiger partial charge in [-0.2, -0.15) is 0 Å². The van der Waals surface area contributed by atoms with E-state index in [1.54, 1.807) is 43.6 Å². The second kappa shape index (κ2) is 6.45. The van der Waals surface area contributed by atoms with E-state index in [0.29, 0.717) is 36.9 Å². The molecule has 0 fully saturated rings. The van der Waals surface area contributed by atoms with E-state index in [2.05, 4.69) is 4.98 Å². The highest BCUT2D eigenvalue weighted by Crippen LogP contribution is 2.33. The zero-order valence-electron chi connectivity index (χ0n) is 12.8. The normalized spacial score (nSPS) is 14.1. The van der Waals surface area contributed by atoms with Crippen molar-refractivity contribution in [1.29, 1.82) is 0 Å². The van der Waals surface area contributed by atoms with Crippen LogP contribution >= 0.6 is 0 Å². The Balaban J connectivity index is 2.00. The molecule has 0 spiro atoms. The second-order valence-corrected chi connectivity index (χ2v) is 6.90. The second-order valence-electron chi connectivity index (χ2n) is 5.03. The van der Waals surface area contributed by atoms with E-state index in [0.717, 1.165) is 6.42 Å². The van der Waals surface area contributed by atoms with E-state index < -0.39 is 10.0 Å². The molecular formula is C16H18N2O4S. The fourth-order valence-electron chi connectivity index (χ4n) is 2.43. The Hall–Kier alpha value is -2.28. The number of hydrogen-bond donors (Lipinski definition) is 0. The molecule has 0 amide bonds. The molecule has 122 valence electrons. The molecule has 0 saturated carbocycles. The van der Waals surface area contributed by atoms with Gasteiger partial charge in [-0.05, 0) is 31.2 Å². The Bertz CT molecular complexity index is 778. The van der Waals surface area contributed by atoms with E-state index in [-0.39, 0.29) is 4.90 Å². The van der Waals surface area contributed by atoms with Gasteiger partial charge in [-0.25, -0.2) is 8.42 Å². The summed E-state index contributed by atoms with van der Waals surface area (Å²) < 4.78 is 38.4. The smallest absolute Gasteiger partial charge is 0.264 e. The highest BCUT2D eigenvalue weighted by molar-refractivity contribution is 7.92. The number of pyridine rings is 1.